The van der Waals surface area contributed by atoms with Gasteiger partial charge in [0.1, 0.15) is 5.82 Å². The normalized spacial score (nSPS) is 21.7. The Bertz CT molecular complexity index is 384. The Morgan fingerprint density at radius 2 is 2.29 bits per heavy atom. The molecule has 1 unspecified atom stereocenters. The van der Waals surface area contributed by atoms with Crippen LogP contribution in [0.25, 0.3) is 0 Å². The number of piperidine rings is 1. The number of rotatable bonds is 3. The zero-order valence-corrected chi connectivity index (χ0v) is 10.6. The van der Waals surface area contributed by atoms with E-state index in [0.29, 0.717) is 5.92 Å². The number of nitrogens with two attached hydrogens (primary N) is 1. The van der Waals surface area contributed by atoms with E-state index in [1.807, 2.05) is 6.07 Å². The molecule has 1 atom stereocenters. The van der Waals surface area contributed by atoms with E-state index in [1.54, 1.807) is 6.07 Å². The van der Waals surface area contributed by atoms with Crippen molar-refractivity contribution < 1.29 is 4.39 Å². The van der Waals surface area contributed by atoms with Crippen molar-refractivity contribution in [3.63, 3.8) is 0 Å². The molecule has 1 fully saturated rings. The second-order valence-corrected chi connectivity index (χ2v) is 5.13. The van der Waals surface area contributed by atoms with Gasteiger partial charge in [-0.1, -0.05) is 17.7 Å². The zero-order valence-electron chi connectivity index (χ0n) is 9.83. The van der Waals surface area contributed by atoms with Gasteiger partial charge in [0.25, 0.3) is 0 Å². The average Bonchev–Trinajstić information content (AvgIpc) is 2.34. The summed E-state index contributed by atoms with van der Waals surface area (Å²) in [7, 11) is 0. The number of likely N-dealkylation sites (tertiary alicyclic amines) is 1. The highest BCUT2D eigenvalue weighted by Crippen LogP contribution is 2.20. The molecule has 0 bridgehead atoms. The van der Waals surface area contributed by atoms with Crippen LogP contribution in [0.15, 0.2) is 18.2 Å². The molecule has 0 amide bonds. The van der Waals surface area contributed by atoms with Crippen molar-refractivity contribution in [2.24, 2.45) is 11.7 Å². The van der Waals surface area contributed by atoms with Crippen molar-refractivity contribution in [2.45, 2.75) is 19.4 Å². The average molecular weight is 257 g/mol. The second-order valence-electron chi connectivity index (χ2n) is 4.73. The van der Waals surface area contributed by atoms with Gasteiger partial charge in [-0.25, -0.2) is 4.39 Å². The van der Waals surface area contributed by atoms with Gasteiger partial charge >= 0.3 is 0 Å². The predicted molar refractivity (Wildman–Crippen MR) is 68.5 cm³/mol. The number of nitrogens with zero attached hydrogens (tertiary/aromatic N) is 1. The van der Waals surface area contributed by atoms with Crippen LogP contribution in [0.4, 0.5) is 4.39 Å². The molecule has 2 nitrogen and oxygen atoms in total. The van der Waals surface area contributed by atoms with Crippen LogP contribution in [0.1, 0.15) is 18.4 Å². The fourth-order valence-electron chi connectivity index (χ4n) is 2.38. The minimum absolute atomic E-state index is 0.187. The molecule has 1 heterocycles. The van der Waals surface area contributed by atoms with E-state index in [9.17, 15) is 4.39 Å². The molecule has 0 radical (unpaired) electrons. The lowest BCUT2D eigenvalue weighted by Crippen LogP contribution is -2.37. The quantitative estimate of drug-likeness (QED) is 0.901. The summed E-state index contributed by atoms with van der Waals surface area (Å²) in [5.74, 6) is 0.248. The van der Waals surface area contributed by atoms with Crippen LogP contribution in [0, 0.1) is 11.7 Å². The smallest absolute Gasteiger partial charge is 0.142 e. The monoisotopic (exact) mass is 256 g/mol. The number of halogens is 2. The Kier molecular flexibility index (Phi) is 4.37. The largest absolute Gasteiger partial charge is 0.330 e. The molecule has 1 saturated heterocycles. The van der Waals surface area contributed by atoms with Gasteiger partial charge in [0.05, 0.1) is 5.02 Å². The predicted octanol–water partition coefficient (Wildman–Crippen LogP) is 2.65. The number of benzene rings is 1. The Morgan fingerprint density at radius 3 is 3.00 bits per heavy atom. The van der Waals surface area contributed by atoms with Crippen molar-refractivity contribution in [3.05, 3.63) is 34.6 Å². The van der Waals surface area contributed by atoms with Crippen LogP contribution in [0.2, 0.25) is 5.02 Å². The molecule has 2 N–H and O–H groups in total. The molecule has 1 aliphatic rings. The molecule has 0 aromatic heterocycles. The summed E-state index contributed by atoms with van der Waals surface area (Å²) in [5, 5.41) is 0.187. The highest BCUT2D eigenvalue weighted by molar-refractivity contribution is 6.30. The molecular weight excluding hydrogens is 239 g/mol. The van der Waals surface area contributed by atoms with E-state index in [1.165, 1.54) is 18.9 Å². The zero-order chi connectivity index (χ0) is 12.3. The van der Waals surface area contributed by atoms with Crippen molar-refractivity contribution in [3.8, 4) is 0 Å². The van der Waals surface area contributed by atoms with E-state index in [4.69, 9.17) is 17.3 Å². The van der Waals surface area contributed by atoms with E-state index in [2.05, 4.69) is 4.90 Å². The van der Waals surface area contributed by atoms with Crippen LogP contribution in [0.5, 0.6) is 0 Å². The van der Waals surface area contributed by atoms with Crippen molar-refractivity contribution in [1.29, 1.82) is 0 Å². The molecule has 1 aromatic carbocycles. The van der Waals surface area contributed by atoms with Gasteiger partial charge in [-0.2, -0.15) is 0 Å². The summed E-state index contributed by atoms with van der Waals surface area (Å²) < 4.78 is 13.3. The summed E-state index contributed by atoms with van der Waals surface area (Å²) in [6.07, 6.45) is 2.39. The highest BCUT2D eigenvalue weighted by atomic mass is 35.5. The van der Waals surface area contributed by atoms with Crippen LogP contribution < -0.4 is 5.73 Å². The van der Waals surface area contributed by atoms with Crippen LogP contribution >= 0.6 is 11.6 Å². The Balaban J connectivity index is 1.97. The second kappa shape index (κ2) is 5.80. The molecule has 0 aliphatic carbocycles. The van der Waals surface area contributed by atoms with E-state index in [0.717, 1.165) is 31.7 Å². The van der Waals surface area contributed by atoms with Gasteiger partial charge < -0.3 is 5.73 Å². The molecule has 0 spiro atoms. The van der Waals surface area contributed by atoms with Gasteiger partial charge in [0.2, 0.25) is 0 Å². The number of hydrogen-bond acceptors (Lipinski definition) is 2. The first-order valence-electron chi connectivity index (χ1n) is 6.05. The Labute approximate surface area is 107 Å². The molecular formula is C13H18ClFN2. The summed E-state index contributed by atoms with van der Waals surface area (Å²) >= 11 is 5.66. The topological polar surface area (TPSA) is 29.3 Å². The Hall–Kier alpha value is -0.640. The highest BCUT2D eigenvalue weighted by Gasteiger charge is 2.18. The first kappa shape index (κ1) is 12.8. The molecule has 2 rings (SSSR count). The van der Waals surface area contributed by atoms with Gasteiger partial charge in [0.15, 0.2) is 0 Å². The number of hydrogen-bond donors (Lipinski definition) is 1. The molecule has 1 aromatic rings. The van der Waals surface area contributed by atoms with Gasteiger partial charge in [-0.15, -0.1) is 0 Å². The maximum Gasteiger partial charge on any atom is 0.142 e. The summed E-state index contributed by atoms with van der Waals surface area (Å²) in [6.45, 7) is 3.61. The molecule has 17 heavy (non-hydrogen) atoms. The van der Waals surface area contributed by atoms with Gasteiger partial charge in [-0.3, -0.25) is 4.90 Å². The third-order valence-electron chi connectivity index (χ3n) is 3.33. The van der Waals surface area contributed by atoms with Crippen LogP contribution in [-0.4, -0.2) is 24.5 Å². The maximum atomic E-state index is 13.3. The molecule has 94 valence electrons. The SMILES string of the molecule is NCC1CCCN(Cc2ccc(Cl)c(F)c2)C1. The maximum absolute atomic E-state index is 13.3. The van der Waals surface area contributed by atoms with Gasteiger partial charge in [0, 0.05) is 13.1 Å². The third kappa shape index (κ3) is 3.41. The molecule has 1 aliphatic heterocycles. The van der Waals surface area contributed by atoms with Crippen LogP contribution in [-0.2, 0) is 6.54 Å². The fraction of sp³-hybridized carbons (Fsp3) is 0.538. The minimum atomic E-state index is -0.337. The van der Waals surface area contributed by atoms with Gasteiger partial charge in [-0.05, 0) is 49.5 Å². The van der Waals surface area contributed by atoms with Crippen molar-refractivity contribution in [2.75, 3.05) is 19.6 Å². The van der Waals surface area contributed by atoms with Crippen LogP contribution in [0.3, 0.4) is 0 Å². The summed E-state index contributed by atoms with van der Waals surface area (Å²) in [6, 6.07) is 5.03. The summed E-state index contributed by atoms with van der Waals surface area (Å²) in [4.78, 5) is 2.34. The first-order chi connectivity index (χ1) is 8.19. The molecule has 4 heteroatoms. The van der Waals surface area contributed by atoms with E-state index in [-0.39, 0.29) is 10.8 Å². The van der Waals surface area contributed by atoms with Crippen molar-refractivity contribution in [1.82, 2.24) is 4.90 Å². The van der Waals surface area contributed by atoms with Crippen molar-refractivity contribution >= 4 is 11.6 Å². The first-order valence-corrected chi connectivity index (χ1v) is 6.43. The Morgan fingerprint density at radius 1 is 1.47 bits per heavy atom. The third-order valence-corrected chi connectivity index (χ3v) is 3.63. The lowest BCUT2D eigenvalue weighted by molar-refractivity contribution is 0.171. The minimum Gasteiger partial charge on any atom is -0.330 e. The lowest BCUT2D eigenvalue weighted by atomic mass is 9.98. The summed E-state index contributed by atoms with van der Waals surface area (Å²) in [5.41, 5.74) is 6.68. The van der Waals surface area contributed by atoms with E-state index < -0.39 is 0 Å². The van der Waals surface area contributed by atoms with E-state index >= 15 is 0 Å². The standard InChI is InChI=1S/C13H18ClFN2/c14-12-4-3-10(6-13(12)15)8-17-5-1-2-11(7-16)9-17/h3-4,6,11H,1-2,5,7-9,16H2. The fourth-order valence-corrected chi connectivity index (χ4v) is 2.50. The molecule has 0 saturated carbocycles. The lowest BCUT2D eigenvalue weighted by Gasteiger charge is -2.32.